The van der Waals surface area contributed by atoms with Crippen LogP contribution in [-0.2, 0) is 11.0 Å². The van der Waals surface area contributed by atoms with Gasteiger partial charge < -0.3 is 10.2 Å². The summed E-state index contributed by atoms with van der Waals surface area (Å²) in [4.78, 5) is 30.7. The Kier molecular flexibility index (Phi) is 6.02. The van der Waals surface area contributed by atoms with Gasteiger partial charge >= 0.3 is 6.18 Å². The molecule has 5 nitrogen and oxygen atoms in total. The maximum Gasteiger partial charge on any atom is 0.416 e. The molecule has 28 heavy (non-hydrogen) atoms. The molecule has 1 N–H and O–H groups in total. The Balaban J connectivity index is 1.68. The van der Waals surface area contributed by atoms with E-state index in [0.717, 1.165) is 16.6 Å². The van der Waals surface area contributed by atoms with E-state index in [0.29, 0.717) is 25.2 Å². The van der Waals surface area contributed by atoms with Crippen molar-refractivity contribution in [3.63, 3.8) is 0 Å². The summed E-state index contributed by atoms with van der Waals surface area (Å²) in [7, 11) is 0. The summed E-state index contributed by atoms with van der Waals surface area (Å²) in [5, 5.41) is 2.71. The molecule has 2 amide bonds. The highest BCUT2D eigenvalue weighted by Crippen LogP contribution is 2.30. The SMILES string of the molecule is O=C(Nc1ccc(Br)cn1)[C@@H]1CCCN(C(=O)c2cccc(C(F)(F)F)c2)C1. The minimum atomic E-state index is -4.52. The molecule has 1 saturated heterocycles. The van der Waals surface area contributed by atoms with Crippen LogP contribution in [0.3, 0.4) is 0 Å². The van der Waals surface area contributed by atoms with Crippen LogP contribution in [0, 0.1) is 5.92 Å². The third-order valence-corrected chi connectivity index (χ3v) is 4.96. The summed E-state index contributed by atoms with van der Waals surface area (Å²) in [5.74, 6) is -0.829. The fraction of sp³-hybridized carbons (Fsp3) is 0.316. The second-order valence-corrected chi connectivity index (χ2v) is 7.44. The largest absolute Gasteiger partial charge is 0.416 e. The first kappa shape index (κ1) is 20.3. The molecule has 0 spiro atoms. The van der Waals surface area contributed by atoms with Crippen molar-refractivity contribution >= 4 is 33.6 Å². The van der Waals surface area contributed by atoms with Crippen LogP contribution in [0.1, 0.15) is 28.8 Å². The van der Waals surface area contributed by atoms with Crippen molar-refractivity contribution in [3.05, 3.63) is 58.2 Å². The number of carbonyl (C=O) groups is 2. The molecule has 1 aromatic heterocycles. The third-order valence-electron chi connectivity index (χ3n) is 4.49. The fourth-order valence-electron chi connectivity index (χ4n) is 3.06. The summed E-state index contributed by atoms with van der Waals surface area (Å²) in [6.45, 7) is 0.548. The summed E-state index contributed by atoms with van der Waals surface area (Å²) in [6, 6.07) is 7.73. The highest BCUT2D eigenvalue weighted by Gasteiger charge is 2.33. The molecule has 0 unspecified atom stereocenters. The Hall–Kier alpha value is -2.42. The second-order valence-electron chi connectivity index (χ2n) is 6.52. The van der Waals surface area contributed by atoms with Gasteiger partial charge in [0.05, 0.1) is 11.5 Å². The summed E-state index contributed by atoms with van der Waals surface area (Å²) >= 11 is 3.26. The maximum atomic E-state index is 12.9. The average Bonchev–Trinajstić information content (AvgIpc) is 2.68. The number of alkyl halides is 3. The predicted molar refractivity (Wildman–Crippen MR) is 101 cm³/mol. The molecule has 1 fully saturated rings. The normalized spacial score (nSPS) is 17.3. The number of amides is 2. The Bertz CT molecular complexity index is 871. The summed E-state index contributed by atoms with van der Waals surface area (Å²) < 4.78 is 39.4. The van der Waals surface area contributed by atoms with Gasteiger partial charge in [0.1, 0.15) is 5.82 Å². The summed E-state index contributed by atoms with van der Waals surface area (Å²) in [6.07, 6.45) is -1.77. The van der Waals surface area contributed by atoms with E-state index in [9.17, 15) is 22.8 Å². The number of nitrogens with one attached hydrogen (secondary N) is 1. The van der Waals surface area contributed by atoms with Crippen LogP contribution in [0.2, 0.25) is 0 Å². The number of carbonyl (C=O) groups excluding carboxylic acids is 2. The number of benzene rings is 1. The molecule has 9 heteroatoms. The number of rotatable bonds is 3. The molecule has 1 atom stereocenters. The number of pyridine rings is 1. The number of likely N-dealkylation sites (tertiary alicyclic amines) is 1. The maximum absolute atomic E-state index is 12.9. The van der Waals surface area contributed by atoms with Crippen molar-refractivity contribution in [2.24, 2.45) is 5.92 Å². The predicted octanol–water partition coefficient (Wildman–Crippen LogP) is 4.35. The van der Waals surface area contributed by atoms with E-state index in [1.807, 2.05) is 0 Å². The van der Waals surface area contributed by atoms with Crippen LogP contribution in [0.5, 0.6) is 0 Å². The molecule has 0 radical (unpaired) electrons. The van der Waals surface area contributed by atoms with Gasteiger partial charge in [-0.15, -0.1) is 0 Å². The Labute approximate surface area is 168 Å². The third kappa shape index (κ3) is 4.89. The van der Waals surface area contributed by atoms with Crippen molar-refractivity contribution in [1.82, 2.24) is 9.88 Å². The van der Waals surface area contributed by atoms with Crippen LogP contribution in [0.4, 0.5) is 19.0 Å². The lowest BCUT2D eigenvalue weighted by Gasteiger charge is -2.32. The Morgan fingerprint density at radius 2 is 2.00 bits per heavy atom. The average molecular weight is 456 g/mol. The Morgan fingerprint density at radius 3 is 2.68 bits per heavy atom. The van der Waals surface area contributed by atoms with Crippen LogP contribution in [-0.4, -0.2) is 34.8 Å². The van der Waals surface area contributed by atoms with Gasteiger partial charge in [-0.3, -0.25) is 9.59 Å². The minimum absolute atomic E-state index is 0.0366. The lowest BCUT2D eigenvalue weighted by molar-refractivity contribution is -0.137. The highest BCUT2D eigenvalue weighted by atomic mass is 79.9. The fourth-order valence-corrected chi connectivity index (χ4v) is 3.30. The Morgan fingerprint density at radius 1 is 1.21 bits per heavy atom. The van der Waals surface area contributed by atoms with Gasteiger partial charge in [0.15, 0.2) is 0 Å². The van der Waals surface area contributed by atoms with Gasteiger partial charge in [-0.05, 0) is 59.1 Å². The number of aromatic nitrogens is 1. The van der Waals surface area contributed by atoms with Gasteiger partial charge in [0.2, 0.25) is 5.91 Å². The summed E-state index contributed by atoms with van der Waals surface area (Å²) in [5.41, 5.74) is -0.906. The molecule has 2 aromatic rings. The van der Waals surface area contributed by atoms with E-state index in [4.69, 9.17) is 0 Å². The zero-order valence-electron chi connectivity index (χ0n) is 14.7. The van der Waals surface area contributed by atoms with E-state index < -0.39 is 23.6 Å². The molecule has 1 aromatic carbocycles. The minimum Gasteiger partial charge on any atom is -0.338 e. The topological polar surface area (TPSA) is 62.3 Å². The first-order valence-electron chi connectivity index (χ1n) is 8.63. The van der Waals surface area contributed by atoms with E-state index in [1.165, 1.54) is 17.0 Å². The molecule has 3 rings (SSSR count). The zero-order chi connectivity index (χ0) is 20.3. The van der Waals surface area contributed by atoms with Gasteiger partial charge in [-0.2, -0.15) is 13.2 Å². The number of nitrogens with zero attached hydrogens (tertiary/aromatic N) is 2. The van der Waals surface area contributed by atoms with Gasteiger partial charge in [-0.1, -0.05) is 6.07 Å². The zero-order valence-corrected chi connectivity index (χ0v) is 16.3. The van der Waals surface area contributed by atoms with Crippen molar-refractivity contribution in [1.29, 1.82) is 0 Å². The lowest BCUT2D eigenvalue weighted by Crippen LogP contribution is -2.43. The van der Waals surface area contributed by atoms with Crippen molar-refractivity contribution in [2.45, 2.75) is 19.0 Å². The number of hydrogen-bond acceptors (Lipinski definition) is 3. The quantitative estimate of drug-likeness (QED) is 0.747. The standard InChI is InChI=1S/C19H17BrF3N3O2/c20-15-6-7-16(24-10-15)25-17(27)13-4-2-8-26(11-13)18(28)12-3-1-5-14(9-12)19(21,22)23/h1,3,5-7,9-10,13H,2,4,8,11H2,(H,24,25,27)/t13-/m1/s1. The highest BCUT2D eigenvalue weighted by molar-refractivity contribution is 9.10. The van der Waals surface area contributed by atoms with E-state index in [1.54, 1.807) is 18.3 Å². The molecule has 0 aliphatic carbocycles. The first-order valence-corrected chi connectivity index (χ1v) is 9.42. The molecular formula is C19H17BrF3N3O2. The number of halogens is 4. The molecular weight excluding hydrogens is 439 g/mol. The van der Waals surface area contributed by atoms with Crippen molar-refractivity contribution in [2.75, 3.05) is 18.4 Å². The van der Waals surface area contributed by atoms with Crippen molar-refractivity contribution in [3.8, 4) is 0 Å². The second kappa shape index (κ2) is 8.30. The smallest absolute Gasteiger partial charge is 0.338 e. The van der Waals surface area contributed by atoms with Gasteiger partial charge in [0.25, 0.3) is 5.91 Å². The molecule has 0 saturated carbocycles. The van der Waals surface area contributed by atoms with E-state index >= 15 is 0 Å². The van der Waals surface area contributed by atoms with Crippen molar-refractivity contribution < 1.29 is 22.8 Å². The number of hydrogen-bond donors (Lipinski definition) is 1. The molecule has 1 aliphatic heterocycles. The number of piperidine rings is 1. The van der Waals surface area contributed by atoms with Crippen LogP contribution in [0.15, 0.2) is 47.1 Å². The van der Waals surface area contributed by atoms with Crippen LogP contribution < -0.4 is 5.32 Å². The molecule has 0 bridgehead atoms. The molecule has 2 heterocycles. The lowest BCUT2D eigenvalue weighted by atomic mass is 9.96. The molecule has 1 aliphatic rings. The monoisotopic (exact) mass is 455 g/mol. The van der Waals surface area contributed by atoms with Crippen LogP contribution in [0.25, 0.3) is 0 Å². The first-order chi connectivity index (χ1) is 13.2. The van der Waals surface area contributed by atoms with Gasteiger partial charge in [-0.25, -0.2) is 4.98 Å². The van der Waals surface area contributed by atoms with E-state index in [-0.39, 0.29) is 18.0 Å². The van der Waals surface area contributed by atoms with Crippen LogP contribution >= 0.6 is 15.9 Å². The van der Waals surface area contributed by atoms with Gasteiger partial charge in [0, 0.05) is 29.3 Å². The number of anilines is 1. The molecule has 148 valence electrons. The van der Waals surface area contributed by atoms with E-state index in [2.05, 4.69) is 26.2 Å².